The van der Waals surface area contributed by atoms with Crippen LogP contribution in [0.5, 0.6) is 0 Å². The van der Waals surface area contributed by atoms with Crippen LogP contribution in [-0.2, 0) is 11.5 Å². The first kappa shape index (κ1) is 7.50. The molecule has 0 saturated heterocycles. The predicted molar refractivity (Wildman–Crippen MR) is 36.7 cm³/mol. The third-order valence-electron chi connectivity index (χ3n) is 0.986. The molecule has 56 valence electrons. The lowest BCUT2D eigenvalue weighted by Crippen LogP contribution is -2.03. The zero-order valence-corrected chi connectivity index (χ0v) is 6.38. The Morgan fingerprint density at radius 3 is 3.10 bits per heavy atom. The fourth-order valence-corrected chi connectivity index (χ4v) is 0.651. The van der Waals surface area contributed by atoms with Gasteiger partial charge in [0, 0.05) is 6.61 Å². The number of halogens is 1. The van der Waals surface area contributed by atoms with E-state index in [1.165, 1.54) is 11.0 Å². The maximum atomic E-state index is 5.58. The van der Waals surface area contributed by atoms with Gasteiger partial charge in [-0.2, -0.15) is 5.10 Å². The van der Waals surface area contributed by atoms with Gasteiger partial charge in [-0.1, -0.05) is 0 Å². The van der Waals surface area contributed by atoms with Gasteiger partial charge in [-0.05, 0) is 18.5 Å². The van der Waals surface area contributed by atoms with E-state index in [0.717, 1.165) is 0 Å². The molecule has 0 aliphatic heterocycles. The van der Waals surface area contributed by atoms with E-state index >= 15 is 0 Å². The summed E-state index contributed by atoms with van der Waals surface area (Å²) in [7, 11) is 0. The molecule has 0 aliphatic rings. The summed E-state index contributed by atoms with van der Waals surface area (Å²) in [4.78, 5) is 3.71. The molecule has 0 aliphatic carbocycles. The molecule has 0 saturated carbocycles. The van der Waals surface area contributed by atoms with Gasteiger partial charge in [-0.3, -0.25) is 0 Å². The summed E-state index contributed by atoms with van der Waals surface area (Å²) in [5.41, 5.74) is 0. The van der Waals surface area contributed by atoms with Crippen molar-refractivity contribution in [2.24, 2.45) is 0 Å². The largest absolute Gasteiger partial charge is 0.359 e. The van der Waals surface area contributed by atoms with Crippen LogP contribution in [0, 0.1) is 0 Å². The Bertz CT molecular complexity index is 201. The second-order valence-electron chi connectivity index (χ2n) is 1.65. The minimum absolute atomic E-state index is 0.355. The molecule has 0 atom stereocenters. The zero-order chi connectivity index (χ0) is 7.40. The van der Waals surface area contributed by atoms with E-state index in [1.54, 1.807) is 0 Å². The van der Waals surface area contributed by atoms with Crippen LogP contribution in [0.2, 0.25) is 5.28 Å². The van der Waals surface area contributed by atoms with Crippen LogP contribution >= 0.6 is 11.6 Å². The molecule has 4 nitrogen and oxygen atoms in total. The lowest BCUT2D eigenvalue weighted by molar-refractivity contribution is 0.0791. The number of hydrogen-bond acceptors (Lipinski definition) is 3. The molecule has 0 aromatic carbocycles. The highest BCUT2D eigenvalue weighted by Crippen LogP contribution is 2.00. The summed E-state index contributed by atoms with van der Waals surface area (Å²) in [5.74, 6) is 0. The van der Waals surface area contributed by atoms with Gasteiger partial charge < -0.3 is 4.74 Å². The summed E-state index contributed by atoms with van der Waals surface area (Å²) >= 11 is 5.58. The van der Waals surface area contributed by atoms with Crippen molar-refractivity contribution < 1.29 is 4.74 Å². The summed E-state index contributed by atoms with van der Waals surface area (Å²) in [5, 5.41) is 4.16. The average Bonchev–Trinajstić information content (AvgIpc) is 2.31. The van der Waals surface area contributed by atoms with Crippen LogP contribution in [0.4, 0.5) is 0 Å². The average molecular weight is 162 g/mol. The molecule has 10 heavy (non-hydrogen) atoms. The van der Waals surface area contributed by atoms with Gasteiger partial charge in [0.25, 0.3) is 0 Å². The van der Waals surface area contributed by atoms with Gasteiger partial charge in [0.1, 0.15) is 13.1 Å². The third kappa shape index (κ3) is 1.68. The van der Waals surface area contributed by atoms with Gasteiger partial charge in [0.15, 0.2) is 0 Å². The normalized spacial score (nSPS) is 10.2. The Morgan fingerprint density at radius 1 is 1.80 bits per heavy atom. The van der Waals surface area contributed by atoms with Gasteiger partial charge in [-0.25, -0.2) is 9.67 Å². The first-order chi connectivity index (χ1) is 4.84. The maximum Gasteiger partial charge on any atom is 0.223 e. The predicted octanol–water partition coefficient (Wildman–Crippen LogP) is 0.926. The Kier molecular flexibility index (Phi) is 2.65. The molecule has 1 heterocycles. The van der Waals surface area contributed by atoms with E-state index in [4.69, 9.17) is 16.3 Å². The van der Waals surface area contributed by atoms with Crippen molar-refractivity contribution in [3.63, 3.8) is 0 Å². The molecular formula is C5H8ClN3O. The molecule has 0 N–H and O–H groups in total. The van der Waals surface area contributed by atoms with E-state index in [9.17, 15) is 0 Å². The first-order valence-electron chi connectivity index (χ1n) is 2.95. The van der Waals surface area contributed by atoms with Crippen LogP contribution in [0.15, 0.2) is 6.33 Å². The maximum absolute atomic E-state index is 5.58. The standard InChI is InChI=1S/C5H8ClN3O/c1-2-10-4-9-5(6)7-3-8-9/h3H,2,4H2,1H3. The highest BCUT2D eigenvalue weighted by atomic mass is 35.5. The molecule has 1 aromatic rings. The molecule has 0 bridgehead atoms. The van der Waals surface area contributed by atoms with E-state index in [2.05, 4.69) is 10.1 Å². The minimum Gasteiger partial charge on any atom is -0.359 e. The Morgan fingerprint density at radius 2 is 2.60 bits per heavy atom. The minimum atomic E-state index is 0.355. The topological polar surface area (TPSA) is 39.9 Å². The van der Waals surface area contributed by atoms with Crippen molar-refractivity contribution in [1.29, 1.82) is 0 Å². The molecule has 0 radical (unpaired) electrons. The number of rotatable bonds is 3. The lowest BCUT2D eigenvalue weighted by Gasteiger charge is -1.99. The van der Waals surface area contributed by atoms with E-state index in [0.29, 0.717) is 18.6 Å². The first-order valence-corrected chi connectivity index (χ1v) is 3.33. The van der Waals surface area contributed by atoms with Crippen molar-refractivity contribution in [3.8, 4) is 0 Å². The van der Waals surface area contributed by atoms with Gasteiger partial charge in [-0.15, -0.1) is 0 Å². The zero-order valence-electron chi connectivity index (χ0n) is 5.62. The second-order valence-corrected chi connectivity index (χ2v) is 1.99. The van der Waals surface area contributed by atoms with E-state index < -0.39 is 0 Å². The molecule has 5 heteroatoms. The monoisotopic (exact) mass is 161 g/mol. The van der Waals surface area contributed by atoms with Crippen molar-refractivity contribution in [2.75, 3.05) is 6.61 Å². The van der Waals surface area contributed by atoms with Crippen molar-refractivity contribution in [2.45, 2.75) is 13.7 Å². The summed E-state index contributed by atoms with van der Waals surface area (Å²) in [6.45, 7) is 2.93. The molecule has 0 fully saturated rings. The highest BCUT2D eigenvalue weighted by molar-refractivity contribution is 6.28. The number of nitrogens with zero attached hydrogens (tertiary/aromatic N) is 3. The van der Waals surface area contributed by atoms with Gasteiger partial charge >= 0.3 is 0 Å². The van der Waals surface area contributed by atoms with Crippen LogP contribution in [0.3, 0.4) is 0 Å². The lowest BCUT2D eigenvalue weighted by atomic mass is 10.9. The van der Waals surface area contributed by atoms with Crippen LogP contribution < -0.4 is 0 Å². The van der Waals surface area contributed by atoms with Crippen molar-refractivity contribution in [3.05, 3.63) is 11.6 Å². The third-order valence-corrected chi connectivity index (χ3v) is 1.28. The van der Waals surface area contributed by atoms with E-state index in [1.807, 2.05) is 6.92 Å². The second kappa shape index (κ2) is 3.53. The smallest absolute Gasteiger partial charge is 0.223 e. The van der Waals surface area contributed by atoms with Crippen LogP contribution in [-0.4, -0.2) is 21.4 Å². The highest BCUT2D eigenvalue weighted by Gasteiger charge is 1.97. The fourth-order valence-electron chi connectivity index (χ4n) is 0.514. The number of ether oxygens (including phenoxy) is 1. The Balaban J connectivity index is 2.49. The number of aromatic nitrogens is 3. The van der Waals surface area contributed by atoms with Crippen LogP contribution in [0.1, 0.15) is 6.92 Å². The fraction of sp³-hybridized carbons (Fsp3) is 0.600. The van der Waals surface area contributed by atoms with Crippen LogP contribution in [0.25, 0.3) is 0 Å². The quantitative estimate of drug-likeness (QED) is 0.662. The molecule has 0 unspecified atom stereocenters. The Labute approximate surface area is 63.8 Å². The summed E-state index contributed by atoms with van der Waals surface area (Å²) < 4.78 is 6.51. The molecule has 0 amide bonds. The van der Waals surface area contributed by atoms with Crippen molar-refractivity contribution >= 4 is 11.6 Å². The molecule has 1 aromatic heterocycles. The van der Waals surface area contributed by atoms with E-state index in [-0.39, 0.29) is 0 Å². The SMILES string of the molecule is CCOCn1ncnc1Cl. The van der Waals surface area contributed by atoms with Crippen molar-refractivity contribution in [1.82, 2.24) is 14.8 Å². The molecular weight excluding hydrogens is 154 g/mol. The molecule has 0 spiro atoms. The molecule has 1 rings (SSSR count). The summed E-state index contributed by atoms with van der Waals surface area (Å²) in [6, 6.07) is 0. The Hall–Kier alpha value is -0.610. The van der Waals surface area contributed by atoms with Gasteiger partial charge in [0.2, 0.25) is 5.28 Å². The summed E-state index contributed by atoms with van der Waals surface area (Å²) in [6.07, 6.45) is 1.39. The number of hydrogen-bond donors (Lipinski definition) is 0. The van der Waals surface area contributed by atoms with Gasteiger partial charge in [0.05, 0.1) is 0 Å².